The first-order valence-electron chi connectivity index (χ1n) is 7.97. The Bertz CT molecular complexity index is 521. The fourth-order valence-corrected chi connectivity index (χ4v) is 4.29. The van der Waals surface area contributed by atoms with Gasteiger partial charge in [-0.25, -0.2) is 0 Å². The summed E-state index contributed by atoms with van der Waals surface area (Å²) in [6.07, 6.45) is 3.73. The minimum atomic E-state index is 0.285. The summed E-state index contributed by atoms with van der Waals surface area (Å²) in [6.45, 7) is 11.7. The molecule has 1 aromatic carbocycles. The maximum Gasteiger partial charge on any atom is 0.0991 e. The third-order valence-corrected chi connectivity index (χ3v) is 4.56. The van der Waals surface area contributed by atoms with Gasteiger partial charge in [-0.15, -0.1) is 0 Å². The van der Waals surface area contributed by atoms with Crippen molar-refractivity contribution in [2.75, 3.05) is 0 Å². The van der Waals surface area contributed by atoms with E-state index in [0.29, 0.717) is 16.9 Å². The Kier molecular flexibility index (Phi) is 4.44. The lowest BCUT2D eigenvalue weighted by Gasteiger charge is -2.46. The van der Waals surface area contributed by atoms with Gasteiger partial charge in [-0.3, -0.25) is 0 Å². The van der Waals surface area contributed by atoms with E-state index in [1.54, 1.807) is 0 Å². The average Bonchev–Trinajstić information content (AvgIpc) is 2.35. The monoisotopic (exact) mass is 284 g/mol. The van der Waals surface area contributed by atoms with Crippen molar-refractivity contribution in [2.24, 2.45) is 10.8 Å². The Morgan fingerprint density at radius 3 is 2.38 bits per heavy atom. The molecule has 114 valence electrons. The molecule has 1 fully saturated rings. The summed E-state index contributed by atoms with van der Waals surface area (Å²) in [5.74, 6) is 0. The molecule has 21 heavy (non-hydrogen) atoms. The van der Waals surface area contributed by atoms with E-state index >= 15 is 0 Å². The van der Waals surface area contributed by atoms with Crippen LogP contribution in [0.15, 0.2) is 24.3 Å². The fourth-order valence-electron chi connectivity index (χ4n) is 4.29. The van der Waals surface area contributed by atoms with Crippen LogP contribution in [-0.2, 0) is 0 Å². The molecule has 1 unspecified atom stereocenters. The molecule has 0 saturated heterocycles. The molecule has 1 atom stereocenters. The Balaban J connectivity index is 2.08. The Morgan fingerprint density at radius 1 is 1.19 bits per heavy atom. The molecule has 1 aliphatic rings. The van der Waals surface area contributed by atoms with Gasteiger partial charge in [0.25, 0.3) is 0 Å². The van der Waals surface area contributed by atoms with Crippen molar-refractivity contribution in [1.82, 2.24) is 5.32 Å². The van der Waals surface area contributed by atoms with E-state index in [4.69, 9.17) is 5.26 Å². The maximum absolute atomic E-state index is 9.03. The second kappa shape index (κ2) is 5.81. The number of benzene rings is 1. The molecule has 1 N–H and O–H groups in total. The van der Waals surface area contributed by atoms with Crippen LogP contribution in [0.1, 0.15) is 71.0 Å². The third-order valence-electron chi connectivity index (χ3n) is 4.56. The van der Waals surface area contributed by atoms with Crippen molar-refractivity contribution in [1.29, 1.82) is 5.26 Å². The zero-order chi connectivity index (χ0) is 15.7. The third kappa shape index (κ3) is 4.32. The van der Waals surface area contributed by atoms with Crippen LogP contribution >= 0.6 is 0 Å². The smallest absolute Gasteiger partial charge is 0.0991 e. The molecule has 0 amide bonds. The van der Waals surface area contributed by atoms with Crippen molar-refractivity contribution in [3.05, 3.63) is 35.4 Å². The van der Waals surface area contributed by atoms with Crippen molar-refractivity contribution in [3.63, 3.8) is 0 Å². The average molecular weight is 284 g/mol. The van der Waals surface area contributed by atoms with Gasteiger partial charge in [-0.1, -0.05) is 39.8 Å². The zero-order valence-electron chi connectivity index (χ0n) is 14.0. The van der Waals surface area contributed by atoms with Crippen LogP contribution in [0.3, 0.4) is 0 Å². The molecule has 2 heteroatoms. The van der Waals surface area contributed by atoms with Crippen LogP contribution < -0.4 is 5.32 Å². The molecule has 0 spiro atoms. The van der Waals surface area contributed by atoms with Crippen LogP contribution in [0, 0.1) is 22.2 Å². The summed E-state index contributed by atoms with van der Waals surface area (Å²) >= 11 is 0. The van der Waals surface area contributed by atoms with Gasteiger partial charge in [0, 0.05) is 12.1 Å². The fraction of sp³-hybridized carbons (Fsp3) is 0.632. The number of nitriles is 1. The lowest BCUT2D eigenvalue weighted by atomic mass is 9.63. The predicted octanol–water partition coefficient (Wildman–Crippen LogP) is 4.81. The maximum atomic E-state index is 9.03. The second-order valence-electron chi connectivity index (χ2n) is 8.24. The Morgan fingerprint density at radius 2 is 1.81 bits per heavy atom. The largest absolute Gasteiger partial charge is 0.307 e. The van der Waals surface area contributed by atoms with Crippen molar-refractivity contribution in [3.8, 4) is 6.07 Å². The summed E-state index contributed by atoms with van der Waals surface area (Å²) in [4.78, 5) is 0. The topological polar surface area (TPSA) is 35.8 Å². The summed E-state index contributed by atoms with van der Waals surface area (Å²) in [7, 11) is 0. The second-order valence-corrected chi connectivity index (χ2v) is 8.24. The lowest BCUT2D eigenvalue weighted by molar-refractivity contribution is 0.0811. The SMILES string of the molecule is CC(NC1CC(C)(C)CC(C)(C)C1)c1cccc(C#N)c1. The summed E-state index contributed by atoms with van der Waals surface area (Å²) in [6, 6.07) is 11.0. The van der Waals surface area contributed by atoms with Crippen LogP contribution in [0.5, 0.6) is 0 Å². The quantitative estimate of drug-likeness (QED) is 0.864. The lowest BCUT2D eigenvalue weighted by Crippen LogP contribution is -2.44. The van der Waals surface area contributed by atoms with E-state index in [0.717, 1.165) is 5.56 Å². The molecule has 1 aromatic rings. The zero-order valence-corrected chi connectivity index (χ0v) is 14.0. The summed E-state index contributed by atoms with van der Waals surface area (Å²) in [5, 5.41) is 12.8. The Hall–Kier alpha value is -1.33. The predicted molar refractivity (Wildman–Crippen MR) is 87.9 cm³/mol. The molecular weight excluding hydrogens is 256 g/mol. The van der Waals surface area contributed by atoms with E-state index in [9.17, 15) is 0 Å². The van der Waals surface area contributed by atoms with Crippen LogP contribution in [0.4, 0.5) is 0 Å². The Labute approximate surface area is 129 Å². The number of nitrogens with zero attached hydrogens (tertiary/aromatic N) is 1. The number of hydrogen-bond donors (Lipinski definition) is 1. The minimum Gasteiger partial charge on any atom is -0.307 e. The molecule has 0 bridgehead atoms. The highest BCUT2D eigenvalue weighted by molar-refractivity contribution is 5.34. The molecule has 2 rings (SSSR count). The van der Waals surface area contributed by atoms with E-state index in [2.05, 4.69) is 52.1 Å². The van der Waals surface area contributed by atoms with E-state index in [1.807, 2.05) is 18.2 Å². The standard InChI is InChI=1S/C19H28N2/c1-14(16-8-6-7-15(9-16)12-20)21-17-10-18(2,3)13-19(4,5)11-17/h6-9,14,17,21H,10-11,13H2,1-5H3. The van der Waals surface area contributed by atoms with E-state index in [1.165, 1.54) is 24.8 Å². The molecule has 0 heterocycles. The highest BCUT2D eigenvalue weighted by Crippen LogP contribution is 2.46. The highest BCUT2D eigenvalue weighted by atomic mass is 15.0. The number of hydrogen-bond acceptors (Lipinski definition) is 2. The first kappa shape index (κ1) is 16.0. The number of nitrogens with one attached hydrogen (secondary N) is 1. The molecule has 1 aliphatic carbocycles. The molecule has 0 aliphatic heterocycles. The van der Waals surface area contributed by atoms with Crippen LogP contribution in [0.2, 0.25) is 0 Å². The molecule has 1 saturated carbocycles. The first-order valence-corrected chi connectivity index (χ1v) is 7.97. The molecule has 0 aromatic heterocycles. The van der Waals surface area contributed by atoms with Gasteiger partial charge in [-0.2, -0.15) is 5.26 Å². The van der Waals surface area contributed by atoms with E-state index in [-0.39, 0.29) is 6.04 Å². The minimum absolute atomic E-state index is 0.285. The van der Waals surface area contributed by atoms with Gasteiger partial charge >= 0.3 is 0 Å². The van der Waals surface area contributed by atoms with Gasteiger partial charge in [0.1, 0.15) is 0 Å². The highest BCUT2D eigenvalue weighted by Gasteiger charge is 2.38. The first-order chi connectivity index (χ1) is 9.71. The summed E-state index contributed by atoms with van der Waals surface area (Å²) in [5.41, 5.74) is 2.74. The van der Waals surface area contributed by atoms with Gasteiger partial charge < -0.3 is 5.32 Å². The van der Waals surface area contributed by atoms with E-state index < -0.39 is 0 Å². The normalized spacial score (nSPS) is 22.5. The van der Waals surface area contributed by atoms with Gasteiger partial charge in [0.05, 0.1) is 11.6 Å². The summed E-state index contributed by atoms with van der Waals surface area (Å²) < 4.78 is 0. The van der Waals surface area contributed by atoms with Crippen molar-refractivity contribution < 1.29 is 0 Å². The van der Waals surface area contributed by atoms with Crippen molar-refractivity contribution >= 4 is 0 Å². The molecule has 2 nitrogen and oxygen atoms in total. The van der Waals surface area contributed by atoms with Gasteiger partial charge in [0.15, 0.2) is 0 Å². The molecule has 0 radical (unpaired) electrons. The van der Waals surface area contributed by atoms with Crippen molar-refractivity contribution in [2.45, 2.75) is 66.0 Å². The van der Waals surface area contributed by atoms with Crippen LogP contribution in [-0.4, -0.2) is 6.04 Å². The van der Waals surface area contributed by atoms with Gasteiger partial charge in [-0.05, 0) is 54.7 Å². The van der Waals surface area contributed by atoms with Gasteiger partial charge in [0.2, 0.25) is 0 Å². The molecular formula is C19H28N2. The van der Waals surface area contributed by atoms with Crippen LogP contribution in [0.25, 0.3) is 0 Å². The number of rotatable bonds is 3.